The van der Waals surface area contributed by atoms with Crippen LogP contribution in [0, 0.1) is 0 Å². The molecule has 2 heterocycles. The SMILES string of the molecule is COc1ccc2c(c1)CN(c1cc(S(=O)(=O)N3CCCc4ccccc43)ccc1Cl)C(=O)N2. The van der Waals surface area contributed by atoms with Gasteiger partial charge in [0, 0.05) is 12.2 Å². The number of methoxy groups -OCH3 is 1. The second kappa shape index (κ2) is 8.28. The molecule has 2 aliphatic heterocycles. The van der Waals surface area contributed by atoms with Gasteiger partial charge in [-0.2, -0.15) is 0 Å². The minimum Gasteiger partial charge on any atom is -0.497 e. The Bertz CT molecular complexity index is 1360. The summed E-state index contributed by atoms with van der Waals surface area (Å²) in [6.45, 7) is 0.628. The fourth-order valence-electron chi connectivity index (χ4n) is 4.30. The zero-order valence-corrected chi connectivity index (χ0v) is 19.5. The number of halogens is 1. The first-order chi connectivity index (χ1) is 15.9. The molecule has 0 radical (unpaired) electrons. The van der Waals surface area contributed by atoms with Gasteiger partial charge in [0.05, 0.1) is 34.9 Å². The Kier molecular flexibility index (Phi) is 5.42. The average Bonchev–Trinajstić information content (AvgIpc) is 2.83. The second-order valence-corrected chi connectivity index (χ2v) is 10.2. The van der Waals surface area contributed by atoms with Crippen LogP contribution < -0.4 is 19.3 Å². The fraction of sp³-hybridized carbons (Fsp3) is 0.208. The van der Waals surface area contributed by atoms with Crippen molar-refractivity contribution in [2.24, 2.45) is 0 Å². The van der Waals surface area contributed by atoms with Gasteiger partial charge in [-0.1, -0.05) is 29.8 Å². The minimum absolute atomic E-state index is 0.0860. The number of nitrogens with zero attached hydrogens (tertiary/aromatic N) is 2. The molecular weight excluding hydrogens is 462 g/mol. The zero-order chi connectivity index (χ0) is 23.2. The smallest absolute Gasteiger partial charge is 0.326 e. The Labute approximate surface area is 197 Å². The zero-order valence-electron chi connectivity index (χ0n) is 17.9. The van der Waals surface area contributed by atoms with Crippen molar-refractivity contribution < 1.29 is 17.9 Å². The van der Waals surface area contributed by atoms with E-state index in [-0.39, 0.29) is 22.5 Å². The Balaban J connectivity index is 1.53. The number of sulfonamides is 1. The van der Waals surface area contributed by atoms with Gasteiger partial charge in [0.25, 0.3) is 10.0 Å². The van der Waals surface area contributed by atoms with E-state index >= 15 is 0 Å². The van der Waals surface area contributed by atoms with Crippen LogP contribution >= 0.6 is 11.6 Å². The number of nitrogens with one attached hydrogen (secondary N) is 1. The van der Waals surface area contributed by atoms with Gasteiger partial charge in [0.15, 0.2) is 0 Å². The number of carbonyl (C=O) groups excluding carboxylic acids is 1. The van der Waals surface area contributed by atoms with Crippen LogP contribution in [0.25, 0.3) is 0 Å². The maximum Gasteiger partial charge on any atom is 0.326 e. The summed E-state index contributed by atoms with van der Waals surface area (Å²) in [5, 5.41) is 3.12. The van der Waals surface area contributed by atoms with Crippen LogP contribution in [0.2, 0.25) is 5.02 Å². The van der Waals surface area contributed by atoms with E-state index in [0.717, 1.165) is 24.0 Å². The number of fused-ring (bicyclic) bond motifs is 2. The highest BCUT2D eigenvalue weighted by molar-refractivity contribution is 7.92. The molecule has 33 heavy (non-hydrogen) atoms. The van der Waals surface area contributed by atoms with Crippen molar-refractivity contribution >= 4 is 44.7 Å². The lowest BCUT2D eigenvalue weighted by molar-refractivity contribution is 0.256. The van der Waals surface area contributed by atoms with Crippen LogP contribution in [0.4, 0.5) is 21.9 Å². The number of hydrogen-bond acceptors (Lipinski definition) is 4. The molecular formula is C24H22ClN3O4S. The van der Waals surface area contributed by atoms with Crippen LogP contribution in [0.15, 0.2) is 65.6 Å². The molecule has 2 aliphatic rings. The number of hydrogen-bond donors (Lipinski definition) is 1. The monoisotopic (exact) mass is 483 g/mol. The first-order valence-electron chi connectivity index (χ1n) is 10.5. The maximum atomic E-state index is 13.6. The highest BCUT2D eigenvalue weighted by atomic mass is 35.5. The molecule has 1 N–H and O–H groups in total. The molecule has 0 saturated heterocycles. The Morgan fingerprint density at radius 2 is 1.82 bits per heavy atom. The molecule has 3 aromatic carbocycles. The number of aryl methyl sites for hydroxylation is 1. The molecule has 3 aromatic rings. The highest BCUT2D eigenvalue weighted by Gasteiger charge is 2.31. The minimum atomic E-state index is -3.85. The number of rotatable bonds is 4. The van der Waals surface area contributed by atoms with E-state index in [1.165, 1.54) is 27.4 Å². The van der Waals surface area contributed by atoms with Crippen LogP contribution in [-0.4, -0.2) is 28.1 Å². The summed E-state index contributed by atoms with van der Waals surface area (Å²) in [6, 6.07) is 17.0. The third kappa shape index (κ3) is 3.79. The van der Waals surface area contributed by atoms with E-state index in [0.29, 0.717) is 29.4 Å². The van der Waals surface area contributed by atoms with Crippen molar-refractivity contribution in [3.05, 3.63) is 76.8 Å². The van der Waals surface area contributed by atoms with E-state index < -0.39 is 10.0 Å². The average molecular weight is 484 g/mol. The van der Waals surface area contributed by atoms with Crippen molar-refractivity contribution in [3.63, 3.8) is 0 Å². The second-order valence-electron chi connectivity index (χ2n) is 7.96. The van der Waals surface area contributed by atoms with Gasteiger partial charge in [-0.25, -0.2) is 13.2 Å². The number of urea groups is 1. The molecule has 5 rings (SSSR count). The molecule has 170 valence electrons. The standard InChI is InChI=1S/C24H22ClN3O4S/c1-32-18-8-11-21-17(13-18)15-27(24(29)26-21)23-14-19(9-10-20(23)25)33(30,31)28-12-4-6-16-5-2-3-7-22(16)28/h2-3,5,7-11,13-14H,4,6,12,15H2,1H3,(H,26,29). The highest BCUT2D eigenvalue weighted by Crippen LogP contribution is 2.37. The third-order valence-corrected chi connectivity index (χ3v) is 8.12. The van der Waals surface area contributed by atoms with Crippen LogP contribution in [0.5, 0.6) is 5.75 Å². The van der Waals surface area contributed by atoms with Gasteiger partial charge in [-0.15, -0.1) is 0 Å². The molecule has 2 amide bonds. The molecule has 0 bridgehead atoms. The first-order valence-corrected chi connectivity index (χ1v) is 12.4. The molecule has 7 nitrogen and oxygen atoms in total. The van der Waals surface area contributed by atoms with Gasteiger partial charge >= 0.3 is 6.03 Å². The molecule has 0 unspecified atom stereocenters. The number of para-hydroxylation sites is 1. The van der Waals surface area contributed by atoms with Crippen molar-refractivity contribution in [3.8, 4) is 5.75 Å². The number of anilines is 3. The van der Waals surface area contributed by atoms with Crippen molar-refractivity contribution in [1.82, 2.24) is 0 Å². The van der Waals surface area contributed by atoms with E-state index in [4.69, 9.17) is 16.3 Å². The van der Waals surface area contributed by atoms with Gasteiger partial charge in [0.1, 0.15) is 5.75 Å². The number of ether oxygens (including phenoxy) is 1. The molecule has 0 aromatic heterocycles. The third-order valence-electron chi connectivity index (χ3n) is 5.99. The fourth-order valence-corrected chi connectivity index (χ4v) is 6.09. The summed E-state index contributed by atoms with van der Waals surface area (Å²) in [5.41, 5.74) is 3.54. The van der Waals surface area contributed by atoms with Crippen molar-refractivity contribution in [2.45, 2.75) is 24.3 Å². The number of amides is 2. The first kappa shape index (κ1) is 21.6. The Morgan fingerprint density at radius 1 is 1.00 bits per heavy atom. The van der Waals surface area contributed by atoms with Crippen molar-refractivity contribution in [1.29, 1.82) is 0 Å². The van der Waals surface area contributed by atoms with E-state index in [2.05, 4.69) is 5.32 Å². The Morgan fingerprint density at radius 3 is 2.64 bits per heavy atom. The molecule has 0 atom stereocenters. The van der Waals surface area contributed by atoms with E-state index in [1.54, 1.807) is 19.2 Å². The van der Waals surface area contributed by atoms with Gasteiger partial charge in [-0.3, -0.25) is 9.21 Å². The van der Waals surface area contributed by atoms with Gasteiger partial charge < -0.3 is 10.1 Å². The summed E-state index contributed by atoms with van der Waals surface area (Å²) in [5.74, 6) is 0.663. The summed E-state index contributed by atoms with van der Waals surface area (Å²) >= 11 is 6.44. The molecule has 0 aliphatic carbocycles. The Hall–Kier alpha value is -3.23. The number of benzene rings is 3. The summed E-state index contributed by atoms with van der Waals surface area (Å²) in [4.78, 5) is 14.4. The normalized spacial score (nSPS) is 15.5. The van der Waals surface area contributed by atoms with E-state index in [9.17, 15) is 13.2 Å². The molecule has 0 spiro atoms. The van der Waals surface area contributed by atoms with Crippen LogP contribution in [0.3, 0.4) is 0 Å². The summed E-state index contributed by atoms with van der Waals surface area (Å²) < 4.78 is 33.9. The lowest BCUT2D eigenvalue weighted by Crippen LogP contribution is -2.39. The van der Waals surface area contributed by atoms with Crippen molar-refractivity contribution in [2.75, 3.05) is 28.2 Å². The topological polar surface area (TPSA) is 79.0 Å². The predicted molar refractivity (Wildman–Crippen MR) is 129 cm³/mol. The quantitative estimate of drug-likeness (QED) is 0.563. The lowest BCUT2D eigenvalue weighted by Gasteiger charge is -2.32. The molecule has 0 saturated carbocycles. The van der Waals surface area contributed by atoms with Gasteiger partial charge in [-0.05, 0) is 66.4 Å². The largest absolute Gasteiger partial charge is 0.497 e. The predicted octanol–water partition coefficient (Wildman–Crippen LogP) is 5.04. The number of carbonyl (C=O) groups is 1. The lowest BCUT2D eigenvalue weighted by atomic mass is 10.0. The maximum absolute atomic E-state index is 13.6. The summed E-state index contributed by atoms with van der Waals surface area (Å²) in [7, 11) is -2.27. The molecule has 0 fully saturated rings. The molecule has 9 heteroatoms. The van der Waals surface area contributed by atoms with E-state index in [1.807, 2.05) is 30.3 Å². The van der Waals surface area contributed by atoms with Gasteiger partial charge in [0.2, 0.25) is 0 Å². The van der Waals surface area contributed by atoms with Crippen LogP contribution in [-0.2, 0) is 23.0 Å². The summed E-state index contributed by atoms with van der Waals surface area (Å²) in [6.07, 6.45) is 1.58. The van der Waals surface area contributed by atoms with Crippen LogP contribution in [0.1, 0.15) is 17.5 Å².